The highest BCUT2D eigenvalue weighted by Gasteiger charge is 2.08. The maximum absolute atomic E-state index is 10.9. The molecule has 0 aliphatic heterocycles. The molecule has 0 heterocycles. The molecule has 0 spiro atoms. The van der Waals surface area contributed by atoms with Crippen molar-refractivity contribution in [1.82, 2.24) is 0 Å². The quantitative estimate of drug-likeness (QED) is 0.737. The smallest absolute Gasteiger partial charge is 0.146 e. The Morgan fingerprint density at radius 2 is 1.86 bits per heavy atom. The summed E-state index contributed by atoms with van der Waals surface area (Å²) < 4.78 is 0. The first-order valence-corrected chi connectivity index (χ1v) is 4.58. The summed E-state index contributed by atoms with van der Waals surface area (Å²) in [6, 6.07) is 7.02. The summed E-state index contributed by atoms with van der Waals surface area (Å²) in [5.74, 6) is -0.00349. The number of hydrogen-bond donors (Lipinski definition) is 2. The number of carbonyl (C=O) groups excluding carboxylic acids is 1. The van der Waals surface area contributed by atoms with E-state index in [1.54, 1.807) is 0 Å². The summed E-state index contributed by atoms with van der Waals surface area (Å²) >= 11 is 0. The third-order valence-electron chi connectivity index (χ3n) is 2.18. The van der Waals surface area contributed by atoms with Crippen molar-refractivity contribution in [3.8, 4) is 0 Å². The number of hydrogen-bond acceptors (Lipinski definition) is 3. The summed E-state index contributed by atoms with van der Waals surface area (Å²) in [7, 11) is 0. The number of aliphatic hydroxyl groups is 1. The first-order valence-electron chi connectivity index (χ1n) is 4.58. The highest BCUT2D eigenvalue weighted by molar-refractivity contribution is 5.81. The topological polar surface area (TPSA) is 63.3 Å². The normalized spacial score (nSPS) is 12.5. The number of carbonyl (C=O) groups is 1. The molecule has 0 unspecified atom stereocenters. The lowest BCUT2D eigenvalue weighted by Gasteiger charge is -2.07. The van der Waals surface area contributed by atoms with Crippen LogP contribution in [-0.4, -0.2) is 16.9 Å². The van der Waals surface area contributed by atoms with Crippen LogP contribution in [0.3, 0.4) is 0 Å². The van der Waals surface area contributed by atoms with Crippen LogP contribution in [0.5, 0.6) is 0 Å². The van der Waals surface area contributed by atoms with Crippen LogP contribution in [0.25, 0.3) is 0 Å². The van der Waals surface area contributed by atoms with E-state index in [9.17, 15) is 4.79 Å². The van der Waals surface area contributed by atoms with Gasteiger partial charge in [-0.2, -0.15) is 0 Å². The lowest BCUT2D eigenvalue weighted by Crippen LogP contribution is -2.30. The van der Waals surface area contributed by atoms with Gasteiger partial charge in [-0.25, -0.2) is 0 Å². The minimum absolute atomic E-state index is 0.00349. The van der Waals surface area contributed by atoms with Gasteiger partial charge in [0.05, 0.1) is 12.6 Å². The Balaban J connectivity index is 2.64. The van der Waals surface area contributed by atoms with Gasteiger partial charge in [0.2, 0.25) is 0 Å². The highest BCUT2D eigenvalue weighted by Crippen LogP contribution is 2.06. The van der Waals surface area contributed by atoms with Crippen LogP contribution in [-0.2, 0) is 17.8 Å². The molecule has 0 saturated carbocycles. The van der Waals surface area contributed by atoms with Gasteiger partial charge in [0.1, 0.15) is 5.78 Å². The zero-order valence-electron chi connectivity index (χ0n) is 8.23. The number of rotatable bonds is 4. The number of nitrogens with two attached hydrogens (primary N) is 1. The van der Waals surface area contributed by atoms with E-state index in [1.807, 2.05) is 24.3 Å². The molecule has 3 nitrogen and oxygen atoms in total. The third-order valence-corrected chi connectivity index (χ3v) is 2.18. The Labute approximate surface area is 83.6 Å². The summed E-state index contributed by atoms with van der Waals surface area (Å²) in [6.07, 6.45) is 0.557. The summed E-state index contributed by atoms with van der Waals surface area (Å²) in [5, 5.41) is 8.82. The first-order chi connectivity index (χ1) is 6.63. The molecule has 0 bridgehead atoms. The Hall–Kier alpha value is -1.19. The van der Waals surface area contributed by atoms with Crippen molar-refractivity contribution < 1.29 is 9.90 Å². The summed E-state index contributed by atoms with van der Waals surface area (Å²) in [4.78, 5) is 10.9. The van der Waals surface area contributed by atoms with Crippen molar-refractivity contribution in [2.75, 3.05) is 0 Å². The van der Waals surface area contributed by atoms with Gasteiger partial charge >= 0.3 is 0 Å². The van der Waals surface area contributed by atoms with Gasteiger partial charge in [-0.1, -0.05) is 24.3 Å². The predicted octanol–water partition coefficient (Wildman–Crippen LogP) is 0.638. The van der Waals surface area contributed by atoms with Crippen LogP contribution in [0, 0.1) is 0 Å². The van der Waals surface area contributed by atoms with Crippen molar-refractivity contribution in [3.63, 3.8) is 0 Å². The number of ketones is 1. The fraction of sp³-hybridized carbons (Fsp3) is 0.364. The fourth-order valence-corrected chi connectivity index (χ4v) is 1.18. The van der Waals surface area contributed by atoms with Gasteiger partial charge in [-0.3, -0.25) is 4.79 Å². The van der Waals surface area contributed by atoms with Crippen molar-refractivity contribution in [3.05, 3.63) is 35.4 Å². The molecule has 0 aliphatic carbocycles. The van der Waals surface area contributed by atoms with E-state index < -0.39 is 6.04 Å². The zero-order valence-corrected chi connectivity index (χ0v) is 8.23. The van der Waals surface area contributed by atoms with Crippen LogP contribution in [0.2, 0.25) is 0 Å². The van der Waals surface area contributed by atoms with E-state index in [2.05, 4.69) is 0 Å². The van der Waals surface area contributed by atoms with Crippen molar-refractivity contribution in [2.45, 2.75) is 26.0 Å². The Kier molecular flexibility index (Phi) is 3.80. The zero-order chi connectivity index (χ0) is 10.6. The maximum atomic E-state index is 10.9. The SMILES string of the molecule is CC(=O)[C@H](N)Cc1ccc(CO)cc1. The monoisotopic (exact) mass is 193 g/mol. The fourth-order valence-electron chi connectivity index (χ4n) is 1.18. The molecular weight excluding hydrogens is 178 g/mol. The van der Waals surface area contributed by atoms with E-state index in [0.29, 0.717) is 6.42 Å². The van der Waals surface area contributed by atoms with Gasteiger partial charge in [0.15, 0.2) is 0 Å². The molecule has 1 aromatic carbocycles. The van der Waals surface area contributed by atoms with E-state index in [1.165, 1.54) is 6.92 Å². The van der Waals surface area contributed by atoms with Gasteiger partial charge < -0.3 is 10.8 Å². The molecule has 0 radical (unpaired) electrons. The molecule has 76 valence electrons. The molecule has 0 fully saturated rings. The number of Topliss-reactive ketones (excluding diaryl/α,β-unsaturated/α-hetero) is 1. The molecule has 0 amide bonds. The largest absolute Gasteiger partial charge is 0.392 e. The molecule has 1 rings (SSSR count). The van der Waals surface area contributed by atoms with Crippen molar-refractivity contribution in [2.24, 2.45) is 5.73 Å². The maximum Gasteiger partial charge on any atom is 0.146 e. The second-order valence-electron chi connectivity index (χ2n) is 3.40. The van der Waals surface area contributed by atoms with E-state index in [4.69, 9.17) is 10.8 Å². The molecule has 0 aromatic heterocycles. The standard InChI is InChI=1S/C11H15NO2/c1-8(14)11(12)6-9-2-4-10(7-13)5-3-9/h2-5,11,13H,6-7,12H2,1H3/t11-/m1/s1. The second-order valence-corrected chi connectivity index (χ2v) is 3.40. The lowest BCUT2D eigenvalue weighted by atomic mass is 10.0. The lowest BCUT2D eigenvalue weighted by molar-refractivity contribution is -0.118. The molecule has 14 heavy (non-hydrogen) atoms. The highest BCUT2D eigenvalue weighted by atomic mass is 16.3. The Morgan fingerprint density at radius 3 is 2.29 bits per heavy atom. The third kappa shape index (κ3) is 2.94. The molecule has 1 atom stereocenters. The van der Waals surface area contributed by atoms with Gasteiger partial charge in [0, 0.05) is 0 Å². The van der Waals surface area contributed by atoms with E-state index in [-0.39, 0.29) is 12.4 Å². The average Bonchev–Trinajstić information content (AvgIpc) is 2.19. The molecular formula is C11H15NO2. The molecule has 0 aliphatic rings. The summed E-state index contributed by atoms with van der Waals surface area (Å²) in [6.45, 7) is 1.53. The van der Waals surface area contributed by atoms with E-state index >= 15 is 0 Å². The van der Waals surface area contributed by atoms with Crippen LogP contribution in [0.4, 0.5) is 0 Å². The number of aliphatic hydroxyl groups excluding tert-OH is 1. The molecule has 3 N–H and O–H groups in total. The Morgan fingerprint density at radius 1 is 1.36 bits per heavy atom. The second kappa shape index (κ2) is 4.88. The van der Waals surface area contributed by atoms with Gasteiger partial charge in [0.25, 0.3) is 0 Å². The van der Waals surface area contributed by atoms with Crippen LogP contribution < -0.4 is 5.73 Å². The van der Waals surface area contributed by atoms with Crippen LogP contribution >= 0.6 is 0 Å². The van der Waals surface area contributed by atoms with Crippen molar-refractivity contribution in [1.29, 1.82) is 0 Å². The summed E-state index contributed by atoms with van der Waals surface area (Å²) in [5.41, 5.74) is 7.50. The van der Waals surface area contributed by atoms with Crippen LogP contribution in [0.1, 0.15) is 18.1 Å². The minimum atomic E-state index is -0.421. The van der Waals surface area contributed by atoms with Gasteiger partial charge in [-0.05, 0) is 24.5 Å². The number of benzene rings is 1. The van der Waals surface area contributed by atoms with Crippen molar-refractivity contribution >= 4 is 5.78 Å². The van der Waals surface area contributed by atoms with Crippen LogP contribution in [0.15, 0.2) is 24.3 Å². The minimum Gasteiger partial charge on any atom is -0.392 e. The predicted molar refractivity (Wildman–Crippen MR) is 54.7 cm³/mol. The molecule has 3 heteroatoms. The van der Waals surface area contributed by atoms with Gasteiger partial charge in [-0.15, -0.1) is 0 Å². The first kappa shape index (κ1) is 10.9. The Bertz CT molecular complexity index is 306. The molecule has 1 aromatic rings. The molecule has 0 saturated heterocycles. The average molecular weight is 193 g/mol. The van der Waals surface area contributed by atoms with E-state index in [0.717, 1.165) is 11.1 Å².